The second kappa shape index (κ2) is 10.2. The third kappa shape index (κ3) is 4.92. The first kappa shape index (κ1) is 25.9. The van der Waals surface area contributed by atoms with Crippen LogP contribution in [-0.2, 0) is 32.6 Å². The topological polar surface area (TPSA) is 99.1 Å². The Morgan fingerprint density at radius 1 is 1.03 bits per heavy atom. The van der Waals surface area contributed by atoms with Gasteiger partial charge in [-0.1, -0.05) is 18.2 Å². The van der Waals surface area contributed by atoms with Crippen molar-refractivity contribution in [3.05, 3.63) is 41.2 Å². The minimum absolute atomic E-state index is 0.0267. The number of aryl methyl sites for hydroxylation is 1. The molecule has 5 rings (SSSR count). The summed E-state index contributed by atoms with van der Waals surface area (Å²) in [7, 11) is -1.82. The van der Waals surface area contributed by atoms with Gasteiger partial charge in [-0.05, 0) is 51.8 Å². The number of carbonyl (C=O) groups excluding carboxylic acids is 2. The maximum Gasteiger partial charge on any atom is 0.248 e. The van der Waals surface area contributed by atoms with E-state index in [0.29, 0.717) is 50.4 Å². The third-order valence-corrected chi connectivity index (χ3v) is 10.1. The summed E-state index contributed by atoms with van der Waals surface area (Å²) in [5.41, 5.74) is 2.87. The van der Waals surface area contributed by atoms with E-state index in [1.54, 1.807) is 18.7 Å². The molecule has 10 nitrogen and oxygen atoms in total. The van der Waals surface area contributed by atoms with Crippen molar-refractivity contribution in [3.63, 3.8) is 0 Å². The number of piperazine rings is 1. The number of para-hydroxylation sites is 1. The Bertz CT molecular complexity index is 1300. The van der Waals surface area contributed by atoms with Gasteiger partial charge in [-0.2, -0.15) is 9.40 Å². The van der Waals surface area contributed by atoms with Crippen LogP contribution in [0.15, 0.2) is 29.2 Å². The van der Waals surface area contributed by atoms with Crippen LogP contribution in [0.5, 0.6) is 0 Å². The van der Waals surface area contributed by atoms with E-state index in [0.717, 1.165) is 30.8 Å². The Hall–Kier alpha value is -2.76. The van der Waals surface area contributed by atoms with E-state index in [-0.39, 0.29) is 35.7 Å². The van der Waals surface area contributed by atoms with Crippen molar-refractivity contribution in [2.75, 3.05) is 57.8 Å². The Morgan fingerprint density at radius 2 is 1.76 bits per heavy atom. The molecule has 1 aromatic heterocycles. The Labute approximate surface area is 218 Å². The van der Waals surface area contributed by atoms with Crippen LogP contribution in [0.4, 0.5) is 5.69 Å². The molecule has 4 heterocycles. The molecule has 0 bridgehead atoms. The first-order valence-electron chi connectivity index (χ1n) is 13.1. The highest BCUT2D eigenvalue weighted by atomic mass is 32.2. The van der Waals surface area contributed by atoms with Crippen LogP contribution >= 0.6 is 0 Å². The summed E-state index contributed by atoms with van der Waals surface area (Å²) in [6.07, 6.45) is 2.14. The summed E-state index contributed by atoms with van der Waals surface area (Å²) in [4.78, 5) is 32.3. The molecule has 200 valence electrons. The molecule has 0 radical (unpaired) electrons. The summed E-state index contributed by atoms with van der Waals surface area (Å²) >= 11 is 0. The molecule has 11 heteroatoms. The molecule has 3 aliphatic heterocycles. The van der Waals surface area contributed by atoms with Crippen LogP contribution in [0.1, 0.15) is 29.8 Å². The summed E-state index contributed by atoms with van der Waals surface area (Å²) in [5.74, 6) is -0.400. The highest BCUT2D eigenvalue weighted by Gasteiger charge is 2.38. The molecule has 1 atom stereocenters. The highest BCUT2D eigenvalue weighted by molar-refractivity contribution is 7.89. The number of anilines is 1. The van der Waals surface area contributed by atoms with Crippen molar-refractivity contribution in [2.45, 2.75) is 44.6 Å². The van der Waals surface area contributed by atoms with Gasteiger partial charge in [-0.15, -0.1) is 0 Å². The second-order valence-electron chi connectivity index (χ2n) is 10.4. The van der Waals surface area contributed by atoms with Crippen LogP contribution < -0.4 is 4.90 Å². The number of rotatable bonds is 5. The summed E-state index contributed by atoms with van der Waals surface area (Å²) in [5, 5.41) is 4.46. The van der Waals surface area contributed by atoms with Gasteiger partial charge in [0.15, 0.2) is 0 Å². The van der Waals surface area contributed by atoms with Crippen LogP contribution in [0.25, 0.3) is 0 Å². The standard InChI is InChI=1S/C26H36N6O4S/c1-19-25(20(2)32(27-19)18-24(33)31-12-10-21-7-4-5-9-23(21)31)37(35,36)30-11-6-8-22(17-30)26(34)29-15-13-28(3)14-16-29/h4-5,7,9,22H,6,8,10-18H2,1-3H3. The van der Waals surface area contributed by atoms with E-state index in [1.807, 2.05) is 36.2 Å². The number of amides is 2. The number of nitrogens with zero attached hydrogens (tertiary/aromatic N) is 6. The van der Waals surface area contributed by atoms with Crippen molar-refractivity contribution < 1.29 is 18.0 Å². The molecule has 2 saturated heterocycles. The number of aromatic nitrogens is 2. The quantitative estimate of drug-likeness (QED) is 0.580. The van der Waals surface area contributed by atoms with E-state index in [2.05, 4.69) is 10.00 Å². The Morgan fingerprint density at radius 3 is 2.51 bits per heavy atom. The maximum absolute atomic E-state index is 13.8. The van der Waals surface area contributed by atoms with Crippen LogP contribution in [0, 0.1) is 19.8 Å². The average Bonchev–Trinajstić information content (AvgIpc) is 3.44. The molecule has 2 fully saturated rings. The summed E-state index contributed by atoms with van der Waals surface area (Å²) in [6.45, 7) is 7.54. The number of likely N-dealkylation sites (N-methyl/N-ethyl adjacent to an activating group) is 1. The normalized spacial score (nSPS) is 21.3. The van der Waals surface area contributed by atoms with E-state index in [9.17, 15) is 18.0 Å². The lowest BCUT2D eigenvalue weighted by atomic mass is 9.98. The lowest BCUT2D eigenvalue weighted by Gasteiger charge is -2.37. The lowest BCUT2D eigenvalue weighted by Crippen LogP contribution is -2.52. The minimum atomic E-state index is -3.87. The zero-order valence-corrected chi connectivity index (χ0v) is 22.7. The molecule has 2 aromatic rings. The van der Waals surface area contributed by atoms with Crippen molar-refractivity contribution in [1.82, 2.24) is 23.9 Å². The van der Waals surface area contributed by atoms with Crippen molar-refractivity contribution in [3.8, 4) is 0 Å². The molecule has 0 aliphatic carbocycles. The third-order valence-electron chi connectivity index (χ3n) is 7.93. The SMILES string of the molecule is Cc1nn(CC(=O)N2CCc3ccccc32)c(C)c1S(=O)(=O)N1CCCC(C(=O)N2CCN(C)CC2)C1. The van der Waals surface area contributed by atoms with Gasteiger partial charge in [0.25, 0.3) is 0 Å². The molecule has 37 heavy (non-hydrogen) atoms. The second-order valence-corrected chi connectivity index (χ2v) is 12.3. The number of hydrogen-bond donors (Lipinski definition) is 0. The number of piperidine rings is 1. The van der Waals surface area contributed by atoms with Gasteiger partial charge in [0.05, 0.1) is 17.3 Å². The highest BCUT2D eigenvalue weighted by Crippen LogP contribution is 2.30. The fraction of sp³-hybridized carbons (Fsp3) is 0.577. The summed E-state index contributed by atoms with van der Waals surface area (Å²) < 4.78 is 30.5. The molecule has 0 N–H and O–H groups in total. The Kier molecular flexibility index (Phi) is 7.12. The molecule has 0 saturated carbocycles. The van der Waals surface area contributed by atoms with Crippen LogP contribution in [0.2, 0.25) is 0 Å². The molecular formula is C26H36N6O4S. The largest absolute Gasteiger partial charge is 0.340 e. The summed E-state index contributed by atoms with van der Waals surface area (Å²) in [6, 6.07) is 7.85. The smallest absolute Gasteiger partial charge is 0.248 e. The van der Waals surface area contributed by atoms with Crippen molar-refractivity contribution in [2.24, 2.45) is 5.92 Å². The van der Waals surface area contributed by atoms with E-state index < -0.39 is 10.0 Å². The predicted molar refractivity (Wildman–Crippen MR) is 140 cm³/mol. The van der Waals surface area contributed by atoms with Crippen LogP contribution in [-0.4, -0.2) is 97.0 Å². The number of hydrogen-bond acceptors (Lipinski definition) is 6. The van der Waals surface area contributed by atoms with Crippen LogP contribution in [0.3, 0.4) is 0 Å². The average molecular weight is 529 g/mol. The lowest BCUT2D eigenvalue weighted by molar-refractivity contribution is -0.138. The van der Waals surface area contributed by atoms with Gasteiger partial charge in [0.1, 0.15) is 11.4 Å². The van der Waals surface area contributed by atoms with Gasteiger partial charge in [-0.3, -0.25) is 14.3 Å². The van der Waals surface area contributed by atoms with Gasteiger partial charge < -0.3 is 14.7 Å². The van der Waals surface area contributed by atoms with E-state index >= 15 is 0 Å². The minimum Gasteiger partial charge on any atom is -0.340 e. The van der Waals surface area contributed by atoms with Gasteiger partial charge >= 0.3 is 0 Å². The monoisotopic (exact) mass is 528 g/mol. The van der Waals surface area contributed by atoms with Crippen molar-refractivity contribution in [1.29, 1.82) is 0 Å². The maximum atomic E-state index is 13.8. The first-order valence-corrected chi connectivity index (χ1v) is 14.5. The van der Waals surface area contributed by atoms with Gasteiger partial charge in [-0.25, -0.2) is 8.42 Å². The van der Waals surface area contributed by atoms with E-state index in [1.165, 1.54) is 8.99 Å². The van der Waals surface area contributed by atoms with Gasteiger partial charge in [0, 0.05) is 51.5 Å². The zero-order valence-electron chi connectivity index (χ0n) is 21.9. The van der Waals surface area contributed by atoms with E-state index in [4.69, 9.17) is 0 Å². The number of benzene rings is 1. The number of fused-ring (bicyclic) bond motifs is 1. The fourth-order valence-corrected chi connectivity index (χ4v) is 7.69. The molecule has 0 spiro atoms. The number of carbonyl (C=O) groups is 2. The molecule has 1 unspecified atom stereocenters. The molecule has 1 aromatic carbocycles. The first-order chi connectivity index (χ1) is 17.7. The number of sulfonamides is 1. The predicted octanol–water partition coefficient (Wildman–Crippen LogP) is 1.26. The molecular weight excluding hydrogens is 492 g/mol. The molecule has 3 aliphatic rings. The van der Waals surface area contributed by atoms with Gasteiger partial charge in [0.2, 0.25) is 21.8 Å². The Balaban J connectivity index is 1.31. The zero-order chi connectivity index (χ0) is 26.3. The van der Waals surface area contributed by atoms with Crippen molar-refractivity contribution >= 4 is 27.5 Å². The molecule has 2 amide bonds. The fourth-order valence-electron chi connectivity index (χ4n) is 5.79.